The molecule has 4 N–H and O–H groups in total. The summed E-state index contributed by atoms with van der Waals surface area (Å²) in [5.41, 5.74) is 6.99. The van der Waals surface area contributed by atoms with Crippen LogP contribution in [0.25, 0.3) is 0 Å². The Balaban J connectivity index is 1.84. The van der Waals surface area contributed by atoms with Crippen molar-refractivity contribution in [3.05, 3.63) is 17.0 Å². The van der Waals surface area contributed by atoms with Gasteiger partial charge in [-0.3, -0.25) is 9.48 Å². The van der Waals surface area contributed by atoms with Gasteiger partial charge in [-0.25, -0.2) is 4.79 Å². The molecule has 7 heteroatoms. The fraction of sp³-hybridized carbons (Fsp3) is 0.688. The number of aryl methyl sites for hydroxylation is 1. The van der Waals surface area contributed by atoms with Gasteiger partial charge in [-0.2, -0.15) is 5.10 Å². The number of primary amides is 1. The Labute approximate surface area is 135 Å². The molecule has 1 fully saturated rings. The van der Waals surface area contributed by atoms with Crippen LogP contribution in [-0.4, -0.2) is 38.3 Å². The lowest BCUT2D eigenvalue weighted by molar-refractivity contribution is -0.124. The number of hydrogen-bond donors (Lipinski definition) is 3. The number of carboxylic acid groups (broad SMARTS) is 1. The second-order valence-electron chi connectivity index (χ2n) is 6.63. The third-order valence-electron chi connectivity index (χ3n) is 5.26. The summed E-state index contributed by atoms with van der Waals surface area (Å²) < 4.78 is 1.79. The van der Waals surface area contributed by atoms with Gasteiger partial charge in [-0.1, -0.05) is 12.8 Å². The van der Waals surface area contributed by atoms with Gasteiger partial charge in [0.1, 0.15) is 0 Å². The number of aromatic nitrogens is 2. The number of aromatic carboxylic acids is 1. The van der Waals surface area contributed by atoms with E-state index in [1.165, 1.54) is 0 Å². The van der Waals surface area contributed by atoms with Crippen LogP contribution in [0.5, 0.6) is 0 Å². The van der Waals surface area contributed by atoms with Crippen LogP contribution in [0.1, 0.15) is 60.8 Å². The average Bonchev–Trinajstić information content (AvgIpc) is 3.12. The van der Waals surface area contributed by atoms with Crippen molar-refractivity contribution in [3.63, 3.8) is 0 Å². The normalized spacial score (nSPS) is 22.7. The van der Waals surface area contributed by atoms with E-state index >= 15 is 0 Å². The van der Waals surface area contributed by atoms with Gasteiger partial charge in [-0.05, 0) is 39.0 Å². The minimum atomic E-state index is -0.986. The Kier molecular flexibility index (Phi) is 4.14. The fourth-order valence-electron chi connectivity index (χ4n) is 4.08. The molecule has 1 amide bonds. The molecule has 0 aliphatic heterocycles. The van der Waals surface area contributed by atoms with Gasteiger partial charge in [0, 0.05) is 23.8 Å². The maximum Gasteiger partial charge on any atom is 0.356 e. The predicted molar refractivity (Wildman–Crippen MR) is 84.2 cm³/mol. The standard InChI is InChI=1S/C16H24N4O3/c1-2-20-12-6-5-10(9-11(12)13(19-20)14(21)22)18-16(15(17)23)7-3-4-8-16/h10,18H,2-9H2,1H3,(H2,17,23)(H,21,22)/t10-/m0/s1. The smallest absolute Gasteiger partial charge is 0.356 e. The second-order valence-corrected chi connectivity index (χ2v) is 6.63. The van der Waals surface area contributed by atoms with Crippen molar-refractivity contribution in [1.82, 2.24) is 15.1 Å². The highest BCUT2D eigenvalue weighted by Gasteiger charge is 2.42. The van der Waals surface area contributed by atoms with Crippen molar-refractivity contribution in [2.45, 2.75) is 70.0 Å². The van der Waals surface area contributed by atoms with E-state index in [-0.39, 0.29) is 17.6 Å². The van der Waals surface area contributed by atoms with E-state index in [2.05, 4.69) is 10.4 Å². The molecule has 0 spiro atoms. The molecule has 1 saturated carbocycles. The van der Waals surface area contributed by atoms with Crippen LogP contribution in [0.15, 0.2) is 0 Å². The van der Waals surface area contributed by atoms with E-state index < -0.39 is 11.5 Å². The second kappa shape index (κ2) is 5.96. The molecule has 0 radical (unpaired) electrons. The number of nitrogens with zero attached hydrogens (tertiary/aromatic N) is 2. The number of carbonyl (C=O) groups excluding carboxylic acids is 1. The molecule has 0 saturated heterocycles. The summed E-state index contributed by atoms with van der Waals surface area (Å²) in [5, 5.41) is 17.1. The van der Waals surface area contributed by atoms with Gasteiger partial charge in [0.2, 0.25) is 5.91 Å². The van der Waals surface area contributed by atoms with E-state index in [0.29, 0.717) is 13.0 Å². The molecule has 0 aromatic carbocycles. The molecule has 23 heavy (non-hydrogen) atoms. The topological polar surface area (TPSA) is 110 Å². The highest BCUT2D eigenvalue weighted by atomic mass is 16.4. The lowest BCUT2D eigenvalue weighted by Crippen LogP contribution is -2.58. The Bertz CT molecular complexity index is 632. The highest BCUT2D eigenvalue weighted by molar-refractivity contribution is 5.87. The summed E-state index contributed by atoms with van der Waals surface area (Å²) in [6, 6.07) is 0.0701. The van der Waals surface area contributed by atoms with Crippen LogP contribution in [0.4, 0.5) is 0 Å². The number of rotatable bonds is 5. The van der Waals surface area contributed by atoms with Crippen molar-refractivity contribution < 1.29 is 14.7 Å². The quantitative estimate of drug-likeness (QED) is 0.745. The number of hydrogen-bond acceptors (Lipinski definition) is 4. The Morgan fingerprint density at radius 2 is 2.13 bits per heavy atom. The zero-order valence-electron chi connectivity index (χ0n) is 13.5. The van der Waals surface area contributed by atoms with Crippen molar-refractivity contribution in [3.8, 4) is 0 Å². The Hall–Kier alpha value is -1.89. The summed E-state index contributed by atoms with van der Waals surface area (Å²) in [7, 11) is 0. The van der Waals surface area contributed by atoms with Crippen molar-refractivity contribution in [2.75, 3.05) is 0 Å². The van der Waals surface area contributed by atoms with E-state index in [1.807, 2.05) is 6.92 Å². The number of carboxylic acids is 1. The van der Waals surface area contributed by atoms with Crippen LogP contribution in [0.2, 0.25) is 0 Å². The summed E-state index contributed by atoms with van der Waals surface area (Å²) in [6.45, 7) is 2.63. The first-order valence-electron chi connectivity index (χ1n) is 8.36. The van der Waals surface area contributed by atoms with Crippen LogP contribution < -0.4 is 11.1 Å². The summed E-state index contributed by atoms with van der Waals surface area (Å²) in [5.74, 6) is -1.27. The van der Waals surface area contributed by atoms with Gasteiger partial charge in [0.25, 0.3) is 0 Å². The van der Waals surface area contributed by atoms with Crippen LogP contribution in [-0.2, 0) is 24.2 Å². The maximum absolute atomic E-state index is 11.9. The third kappa shape index (κ3) is 2.73. The van der Waals surface area contributed by atoms with E-state index in [0.717, 1.165) is 49.8 Å². The minimum absolute atomic E-state index is 0.0701. The molecule has 7 nitrogen and oxygen atoms in total. The molecule has 126 valence electrons. The molecule has 2 aliphatic rings. The van der Waals surface area contributed by atoms with Gasteiger partial charge in [0.05, 0.1) is 5.54 Å². The predicted octanol–water partition coefficient (Wildman–Crippen LogP) is 0.846. The highest BCUT2D eigenvalue weighted by Crippen LogP contribution is 2.32. The number of carbonyl (C=O) groups is 2. The largest absolute Gasteiger partial charge is 0.476 e. The molecule has 1 aromatic heterocycles. The van der Waals surface area contributed by atoms with E-state index in [9.17, 15) is 14.7 Å². The van der Waals surface area contributed by atoms with Crippen molar-refractivity contribution in [2.24, 2.45) is 5.73 Å². The van der Waals surface area contributed by atoms with Crippen molar-refractivity contribution >= 4 is 11.9 Å². The van der Waals surface area contributed by atoms with Gasteiger partial charge in [0.15, 0.2) is 5.69 Å². The van der Waals surface area contributed by atoms with Crippen LogP contribution in [0.3, 0.4) is 0 Å². The summed E-state index contributed by atoms with van der Waals surface area (Å²) >= 11 is 0. The summed E-state index contributed by atoms with van der Waals surface area (Å²) in [6.07, 6.45) is 5.77. The average molecular weight is 320 g/mol. The molecule has 1 aromatic rings. The number of amides is 1. The number of nitrogens with two attached hydrogens (primary N) is 1. The van der Waals surface area contributed by atoms with E-state index in [4.69, 9.17) is 5.73 Å². The molecule has 1 atom stereocenters. The zero-order valence-corrected chi connectivity index (χ0v) is 13.5. The number of fused-ring (bicyclic) bond motifs is 1. The Morgan fingerprint density at radius 3 is 2.70 bits per heavy atom. The SMILES string of the molecule is CCn1nc(C(=O)O)c2c1CC[C@H](NC1(C(N)=O)CCCC1)C2. The van der Waals surface area contributed by atoms with E-state index in [1.54, 1.807) is 4.68 Å². The molecular weight excluding hydrogens is 296 g/mol. The molecule has 0 unspecified atom stereocenters. The molecular formula is C16H24N4O3. The molecule has 3 rings (SSSR count). The summed E-state index contributed by atoms with van der Waals surface area (Å²) in [4.78, 5) is 23.4. The zero-order chi connectivity index (χ0) is 16.6. The first-order chi connectivity index (χ1) is 11.0. The van der Waals surface area contributed by atoms with Crippen LogP contribution >= 0.6 is 0 Å². The first-order valence-corrected chi connectivity index (χ1v) is 8.36. The van der Waals surface area contributed by atoms with Gasteiger partial charge >= 0.3 is 5.97 Å². The fourth-order valence-corrected chi connectivity index (χ4v) is 4.08. The van der Waals surface area contributed by atoms with Crippen molar-refractivity contribution in [1.29, 1.82) is 0 Å². The third-order valence-corrected chi connectivity index (χ3v) is 5.26. The molecule has 1 heterocycles. The number of nitrogens with one attached hydrogen (secondary N) is 1. The van der Waals surface area contributed by atoms with Crippen LogP contribution in [0, 0.1) is 0 Å². The lowest BCUT2D eigenvalue weighted by atomic mass is 9.87. The monoisotopic (exact) mass is 320 g/mol. The first kappa shape index (κ1) is 16.0. The minimum Gasteiger partial charge on any atom is -0.476 e. The van der Waals surface area contributed by atoms with Gasteiger partial charge < -0.3 is 16.2 Å². The molecule has 0 bridgehead atoms. The molecule has 2 aliphatic carbocycles. The lowest BCUT2D eigenvalue weighted by Gasteiger charge is -2.34. The Morgan fingerprint density at radius 1 is 1.43 bits per heavy atom. The maximum atomic E-state index is 11.9. The van der Waals surface area contributed by atoms with Gasteiger partial charge in [-0.15, -0.1) is 0 Å².